The van der Waals surface area contributed by atoms with Crippen LogP contribution in [0.2, 0.25) is 0 Å². The topological polar surface area (TPSA) is 73.1 Å². The Balaban J connectivity index is 3.01. The first-order valence-corrected chi connectivity index (χ1v) is 5.02. The van der Waals surface area contributed by atoms with Gasteiger partial charge in [0.25, 0.3) is 0 Å². The molecule has 0 bridgehead atoms. The molecule has 1 rings (SSSR count). The van der Waals surface area contributed by atoms with Gasteiger partial charge in [-0.1, -0.05) is 12.8 Å². The van der Waals surface area contributed by atoms with Gasteiger partial charge < -0.3 is 10.2 Å². The zero-order valence-electron chi connectivity index (χ0n) is 9.74. The lowest BCUT2D eigenvalue weighted by Crippen LogP contribution is -2.26. The quantitative estimate of drug-likeness (QED) is 0.452. The second-order valence-corrected chi connectivity index (χ2v) is 3.76. The highest BCUT2D eigenvalue weighted by atomic mass is 16.5. The maximum Gasteiger partial charge on any atom is 0.220 e. The van der Waals surface area contributed by atoms with E-state index in [0.717, 1.165) is 0 Å². The normalized spacial score (nSPS) is 10.7. The van der Waals surface area contributed by atoms with Gasteiger partial charge in [-0.25, -0.2) is 10.8 Å². The standard InChI is InChI=1S/C11H16N4O/c1-5-8-13-9(15-12)7-10(14-8)16-11(3,4)6-2/h2,7H,5,12H2,1,3-4H3,(H,13,14,15). The van der Waals surface area contributed by atoms with Gasteiger partial charge in [0.05, 0.1) is 0 Å². The fraction of sp³-hybridized carbons (Fsp3) is 0.455. The van der Waals surface area contributed by atoms with Crippen LogP contribution in [0, 0.1) is 12.3 Å². The molecule has 5 heteroatoms. The summed E-state index contributed by atoms with van der Waals surface area (Å²) in [6.45, 7) is 5.53. The van der Waals surface area contributed by atoms with Gasteiger partial charge in [-0.2, -0.15) is 4.98 Å². The monoisotopic (exact) mass is 220 g/mol. The highest BCUT2D eigenvalue weighted by molar-refractivity contribution is 5.37. The van der Waals surface area contributed by atoms with E-state index in [1.807, 2.05) is 6.92 Å². The third kappa shape index (κ3) is 3.11. The van der Waals surface area contributed by atoms with E-state index in [9.17, 15) is 0 Å². The van der Waals surface area contributed by atoms with E-state index < -0.39 is 5.60 Å². The van der Waals surface area contributed by atoms with Gasteiger partial charge >= 0.3 is 0 Å². The number of hydrazine groups is 1. The Morgan fingerprint density at radius 1 is 1.56 bits per heavy atom. The van der Waals surface area contributed by atoms with E-state index in [4.69, 9.17) is 17.0 Å². The molecule has 5 nitrogen and oxygen atoms in total. The first kappa shape index (κ1) is 12.3. The minimum atomic E-state index is -0.703. The molecule has 1 aromatic rings. The molecule has 0 saturated carbocycles. The Labute approximate surface area is 95.4 Å². The van der Waals surface area contributed by atoms with Crippen LogP contribution in [0.1, 0.15) is 26.6 Å². The SMILES string of the molecule is C#CC(C)(C)Oc1cc(NN)nc(CC)n1. The molecule has 0 radical (unpaired) electrons. The second kappa shape index (κ2) is 4.81. The largest absolute Gasteiger partial charge is 0.458 e. The molecular formula is C11H16N4O. The number of nitrogens with zero attached hydrogens (tertiary/aromatic N) is 2. The van der Waals surface area contributed by atoms with Crippen molar-refractivity contribution in [3.05, 3.63) is 11.9 Å². The van der Waals surface area contributed by atoms with Crippen molar-refractivity contribution in [3.8, 4) is 18.2 Å². The maximum atomic E-state index is 5.55. The molecule has 0 aliphatic rings. The zero-order chi connectivity index (χ0) is 12.2. The predicted molar refractivity (Wildman–Crippen MR) is 62.8 cm³/mol. The third-order valence-electron chi connectivity index (χ3n) is 1.92. The lowest BCUT2D eigenvalue weighted by atomic mass is 10.1. The van der Waals surface area contributed by atoms with Crippen LogP contribution in [0.3, 0.4) is 0 Å². The maximum absolute atomic E-state index is 5.55. The van der Waals surface area contributed by atoms with Crippen LogP contribution in [-0.4, -0.2) is 15.6 Å². The number of terminal acetylenes is 1. The van der Waals surface area contributed by atoms with Gasteiger partial charge in [0, 0.05) is 12.5 Å². The third-order valence-corrected chi connectivity index (χ3v) is 1.92. The average molecular weight is 220 g/mol. The average Bonchev–Trinajstić information content (AvgIpc) is 2.28. The van der Waals surface area contributed by atoms with Crippen molar-refractivity contribution in [2.45, 2.75) is 32.8 Å². The molecule has 0 saturated heterocycles. The number of aryl methyl sites for hydroxylation is 1. The molecule has 1 aromatic heterocycles. The van der Waals surface area contributed by atoms with Gasteiger partial charge in [-0.3, -0.25) is 0 Å². The number of rotatable bonds is 4. The van der Waals surface area contributed by atoms with Crippen LogP contribution in [0.4, 0.5) is 5.82 Å². The van der Waals surface area contributed by atoms with Gasteiger partial charge in [-0.05, 0) is 13.8 Å². The molecule has 0 aromatic carbocycles. The highest BCUT2D eigenvalue weighted by Crippen LogP contribution is 2.18. The summed E-state index contributed by atoms with van der Waals surface area (Å²) in [6, 6.07) is 1.61. The van der Waals surface area contributed by atoms with Crippen LogP contribution in [0.25, 0.3) is 0 Å². The van der Waals surface area contributed by atoms with E-state index in [1.54, 1.807) is 19.9 Å². The predicted octanol–water partition coefficient (Wildman–Crippen LogP) is 1.12. The molecule has 0 aliphatic heterocycles. The highest BCUT2D eigenvalue weighted by Gasteiger charge is 2.17. The summed E-state index contributed by atoms with van der Waals surface area (Å²) in [5, 5.41) is 0. The lowest BCUT2D eigenvalue weighted by molar-refractivity contribution is 0.164. The van der Waals surface area contributed by atoms with Gasteiger partial charge in [-0.15, -0.1) is 6.42 Å². The molecule has 0 amide bonds. The van der Waals surface area contributed by atoms with Crippen molar-refractivity contribution < 1.29 is 4.74 Å². The second-order valence-electron chi connectivity index (χ2n) is 3.76. The van der Waals surface area contributed by atoms with E-state index in [-0.39, 0.29) is 0 Å². The van der Waals surface area contributed by atoms with Crippen molar-refractivity contribution in [2.75, 3.05) is 5.43 Å². The van der Waals surface area contributed by atoms with E-state index in [0.29, 0.717) is 23.9 Å². The summed E-state index contributed by atoms with van der Waals surface area (Å²) in [6.07, 6.45) is 6.03. The molecule has 0 atom stereocenters. The van der Waals surface area contributed by atoms with E-state index in [2.05, 4.69) is 21.3 Å². The van der Waals surface area contributed by atoms with Crippen LogP contribution >= 0.6 is 0 Å². The van der Waals surface area contributed by atoms with Crippen molar-refractivity contribution in [1.29, 1.82) is 0 Å². The number of hydrogen-bond acceptors (Lipinski definition) is 5. The first-order valence-electron chi connectivity index (χ1n) is 5.02. The Kier molecular flexibility index (Phi) is 3.69. The van der Waals surface area contributed by atoms with Crippen LogP contribution < -0.4 is 16.0 Å². The molecule has 0 spiro atoms. The van der Waals surface area contributed by atoms with Crippen LogP contribution in [-0.2, 0) is 6.42 Å². The van der Waals surface area contributed by atoms with Gasteiger partial charge in [0.1, 0.15) is 11.6 Å². The van der Waals surface area contributed by atoms with Gasteiger partial charge in [0.15, 0.2) is 5.60 Å². The van der Waals surface area contributed by atoms with Crippen LogP contribution in [0.15, 0.2) is 6.07 Å². The van der Waals surface area contributed by atoms with Crippen LogP contribution in [0.5, 0.6) is 5.88 Å². The molecule has 0 unspecified atom stereocenters. The molecule has 0 aliphatic carbocycles. The number of ether oxygens (including phenoxy) is 1. The minimum absolute atomic E-state index is 0.419. The summed E-state index contributed by atoms with van der Waals surface area (Å²) in [7, 11) is 0. The van der Waals surface area contributed by atoms with Crippen molar-refractivity contribution in [2.24, 2.45) is 5.84 Å². The summed E-state index contributed by atoms with van der Waals surface area (Å²) >= 11 is 0. The fourth-order valence-electron chi connectivity index (χ4n) is 1.05. The first-order chi connectivity index (χ1) is 7.50. The smallest absolute Gasteiger partial charge is 0.220 e. The Bertz CT molecular complexity index is 387. The molecule has 3 N–H and O–H groups in total. The molecular weight excluding hydrogens is 204 g/mol. The number of anilines is 1. The molecule has 16 heavy (non-hydrogen) atoms. The number of nitrogens with one attached hydrogen (secondary N) is 1. The molecule has 86 valence electrons. The lowest BCUT2D eigenvalue weighted by Gasteiger charge is -2.19. The zero-order valence-corrected chi connectivity index (χ0v) is 9.74. The molecule has 1 heterocycles. The summed E-state index contributed by atoms with van der Waals surface area (Å²) < 4.78 is 5.55. The Morgan fingerprint density at radius 2 is 2.25 bits per heavy atom. The summed E-state index contributed by atoms with van der Waals surface area (Å²) in [4.78, 5) is 8.36. The van der Waals surface area contributed by atoms with E-state index in [1.165, 1.54) is 0 Å². The van der Waals surface area contributed by atoms with Crippen molar-refractivity contribution >= 4 is 5.82 Å². The van der Waals surface area contributed by atoms with Gasteiger partial charge in [0.2, 0.25) is 5.88 Å². The number of hydrogen-bond donors (Lipinski definition) is 2. The minimum Gasteiger partial charge on any atom is -0.458 e. The number of nitrogens with two attached hydrogens (primary N) is 1. The number of nitrogen functional groups attached to an aromatic ring is 1. The van der Waals surface area contributed by atoms with E-state index >= 15 is 0 Å². The molecule has 0 fully saturated rings. The summed E-state index contributed by atoms with van der Waals surface area (Å²) in [5.41, 5.74) is 1.76. The Hall–Kier alpha value is -1.80. The number of aromatic nitrogens is 2. The summed E-state index contributed by atoms with van der Waals surface area (Å²) in [5.74, 6) is 9.41. The fourth-order valence-corrected chi connectivity index (χ4v) is 1.05. The Morgan fingerprint density at radius 3 is 2.75 bits per heavy atom. The van der Waals surface area contributed by atoms with Crippen molar-refractivity contribution in [3.63, 3.8) is 0 Å². The van der Waals surface area contributed by atoms with Crippen molar-refractivity contribution in [1.82, 2.24) is 9.97 Å².